The summed E-state index contributed by atoms with van der Waals surface area (Å²) in [4.78, 5) is 16.0. The lowest BCUT2D eigenvalue weighted by Gasteiger charge is -2.09. The molecule has 1 N–H and O–H groups in total. The highest BCUT2D eigenvalue weighted by atomic mass is 32.2. The summed E-state index contributed by atoms with van der Waals surface area (Å²) in [6, 6.07) is 6.80. The van der Waals surface area contributed by atoms with Crippen LogP contribution in [0, 0.1) is 6.92 Å². The number of hydrogen-bond donors (Lipinski definition) is 1. The highest BCUT2D eigenvalue weighted by Crippen LogP contribution is 2.31. The van der Waals surface area contributed by atoms with Gasteiger partial charge in [0.1, 0.15) is 0 Å². The van der Waals surface area contributed by atoms with E-state index in [2.05, 4.69) is 4.98 Å². The molecule has 0 amide bonds. The molecule has 0 aliphatic carbocycles. The maximum Gasteiger partial charge on any atom is 0.501 e. The van der Waals surface area contributed by atoms with Crippen LogP contribution in [0.25, 0.3) is 5.69 Å². The van der Waals surface area contributed by atoms with Gasteiger partial charge in [-0.1, -0.05) is 0 Å². The van der Waals surface area contributed by atoms with Crippen LogP contribution in [0.15, 0.2) is 52.3 Å². The fraction of sp³-hybridized carbons (Fsp3) is 0.263. The lowest BCUT2D eigenvalue weighted by atomic mass is 10.2. The van der Waals surface area contributed by atoms with Crippen molar-refractivity contribution in [3.63, 3.8) is 0 Å². The van der Waals surface area contributed by atoms with Crippen LogP contribution in [0.4, 0.5) is 13.2 Å². The van der Waals surface area contributed by atoms with Crippen LogP contribution in [0.2, 0.25) is 0 Å². The van der Waals surface area contributed by atoms with Gasteiger partial charge in [0.25, 0.3) is 9.84 Å². The van der Waals surface area contributed by atoms with Crippen molar-refractivity contribution in [2.24, 2.45) is 0 Å². The zero-order valence-corrected chi connectivity index (χ0v) is 17.2. The average Bonchev–Trinajstić information content (AvgIpc) is 2.91. The quantitative estimate of drug-likeness (QED) is 0.611. The molecular weight excluding hydrogens is 439 g/mol. The number of pyridine rings is 1. The molecule has 0 saturated heterocycles. The van der Waals surface area contributed by atoms with Crippen molar-refractivity contribution in [2.45, 2.75) is 30.8 Å². The van der Waals surface area contributed by atoms with Crippen molar-refractivity contribution in [2.75, 3.05) is 6.61 Å². The first-order chi connectivity index (χ1) is 14.5. The predicted molar refractivity (Wildman–Crippen MR) is 104 cm³/mol. The second-order valence-corrected chi connectivity index (χ2v) is 8.43. The van der Waals surface area contributed by atoms with Gasteiger partial charge < -0.3 is 9.84 Å². The molecule has 8 nitrogen and oxygen atoms in total. The van der Waals surface area contributed by atoms with Gasteiger partial charge in [0, 0.05) is 12.3 Å². The van der Waals surface area contributed by atoms with Crippen LogP contribution in [-0.2, 0) is 16.4 Å². The Bertz CT molecular complexity index is 1260. The summed E-state index contributed by atoms with van der Waals surface area (Å²) in [7, 11) is -5.52. The maximum absolute atomic E-state index is 12.9. The Morgan fingerprint density at radius 1 is 1.16 bits per heavy atom. The second kappa shape index (κ2) is 8.10. The number of alkyl halides is 3. The molecule has 2 heterocycles. The van der Waals surface area contributed by atoms with Crippen molar-refractivity contribution in [3.05, 3.63) is 64.3 Å². The summed E-state index contributed by atoms with van der Waals surface area (Å²) < 4.78 is 68.6. The Kier molecular flexibility index (Phi) is 5.85. The smallest absolute Gasteiger partial charge is 0.493 e. The van der Waals surface area contributed by atoms with E-state index in [9.17, 15) is 31.5 Å². The Labute approximate surface area is 175 Å². The van der Waals surface area contributed by atoms with E-state index < -0.39 is 31.8 Å². The summed E-state index contributed by atoms with van der Waals surface area (Å²) in [6.07, 6.45) is 1.51. The van der Waals surface area contributed by atoms with Crippen LogP contribution >= 0.6 is 0 Å². The van der Waals surface area contributed by atoms with Gasteiger partial charge in [-0.05, 0) is 49.7 Å². The average molecular weight is 457 g/mol. The van der Waals surface area contributed by atoms with Gasteiger partial charge in [-0.3, -0.25) is 4.57 Å². The predicted octanol–water partition coefficient (Wildman–Crippen LogP) is 2.79. The first-order valence-electron chi connectivity index (χ1n) is 8.98. The third-order valence-electron chi connectivity index (χ3n) is 4.50. The number of aromatic hydroxyl groups is 1. The third-order valence-corrected chi connectivity index (χ3v) is 6.01. The minimum absolute atomic E-state index is 0.00945. The highest BCUT2D eigenvalue weighted by Gasteiger charge is 2.46. The van der Waals surface area contributed by atoms with E-state index in [0.717, 1.165) is 28.8 Å². The van der Waals surface area contributed by atoms with Crippen molar-refractivity contribution in [1.29, 1.82) is 0 Å². The molecule has 0 atom stereocenters. The first kappa shape index (κ1) is 22.4. The van der Waals surface area contributed by atoms with Crippen LogP contribution in [0.5, 0.6) is 11.8 Å². The van der Waals surface area contributed by atoms with E-state index in [4.69, 9.17) is 4.74 Å². The van der Waals surface area contributed by atoms with Crippen LogP contribution < -0.4 is 10.4 Å². The molecule has 166 valence electrons. The lowest BCUT2D eigenvalue weighted by molar-refractivity contribution is -0.0436. The molecule has 0 radical (unpaired) electrons. The Morgan fingerprint density at radius 3 is 2.39 bits per heavy atom. The molecule has 3 aromatic rings. The molecule has 0 aliphatic rings. The van der Waals surface area contributed by atoms with E-state index in [1.165, 1.54) is 17.7 Å². The van der Waals surface area contributed by atoms with Gasteiger partial charge in [-0.15, -0.1) is 0 Å². The number of aromatic nitrogens is 3. The Hall–Kier alpha value is -3.28. The number of ether oxygens (including phenoxy) is 1. The second-order valence-electron chi connectivity index (χ2n) is 6.49. The molecule has 12 heteroatoms. The van der Waals surface area contributed by atoms with E-state index in [1.54, 1.807) is 19.1 Å². The van der Waals surface area contributed by atoms with E-state index >= 15 is 0 Å². The van der Waals surface area contributed by atoms with E-state index in [0.29, 0.717) is 18.1 Å². The molecule has 0 bridgehead atoms. The highest BCUT2D eigenvalue weighted by molar-refractivity contribution is 7.92. The van der Waals surface area contributed by atoms with Crippen molar-refractivity contribution in [3.8, 4) is 17.4 Å². The fourth-order valence-corrected chi connectivity index (χ4v) is 3.68. The lowest BCUT2D eigenvalue weighted by Crippen LogP contribution is -2.25. The van der Waals surface area contributed by atoms with Gasteiger partial charge in [-0.25, -0.2) is 22.8 Å². The molecule has 0 fully saturated rings. The molecule has 31 heavy (non-hydrogen) atoms. The van der Waals surface area contributed by atoms with Gasteiger partial charge >= 0.3 is 11.2 Å². The standard InChI is InChI=1S/C19H18F3N3O5S/c1-3-30-16-10-13(8-9-23-16)11-24-12(2)17(26)25(18(24)27)14-4-6-15(7-5-14)31(28,29)19(20,21)22/h4-10,26H,3,11H2,1-2H3. The number of halogens is 3. The van der Waals surface area contributed by atoms with E-state index in [-0.39, 0.29) is 17.9 Å². The number of nitrogens with zero attached hydrogens (tertiary/aromatic N) is 3. The summed E-state index contributed by atoms with van der Waals surface area (Å²) in [5, 5.41) is 10.4. The number of hydrogen-bond acceptors (Lipinski definition) is 6. The van der Waals surface area contributed by atoms with Gasteiger partial charge in [0.15, 0.2) is 0 Å². The molecule has 0 saturated carbocycles. The molecule has 0 spiro atoms. The van der Waals surface area contributed by atoms with Gasteiger partial charge in [0.2, 0.25) is 11.8 Å². The van der Waals surface area contributed by atoms with Gasteiger partial charge in [0.05, 0.1) is 29.4 Å². The Balaban J connectivity index is 1.99. The maximum atomic E-state index is 12.9. The summed E-state index contributed by atoms with van der Waals surface area (Å²) in [6.45, 7) is 3.79. The minimum atomic E-state index is -5.52. The SMILES string of the molecule is CCOc1cc(Cn2c(C)c(O)n(-c3ccc(S(=O)(=O)C(F)(F)F)cc3)c2=O)ccn1. The molecular formula is C19H18F3N3O5S. The summed E-state index contributed by atoms with van der Waals surface area (Å²) >= 11 is 0. The van der Waals surface area contributed by atoms with Crippen molar-refractivity contribution >= 4 is 9.84 Å². The Morgan fingerprint density at radius 2 is 1.81 bits per heavy atom. The summed E-state index contributed by atoms with van der Waals surface area (Å²) in [5.41, 5.74) is -5.20. The molecule has 3 rings (SSSR count). The summed E-state index contributed by atoms with van der Waals surface area (Å²) in [5.74, 6) is -0.0497. The monoisotopic (exact) mass is 457 g/mol. The number of benzene rings is 1. The zero-order valence-electron chi connectivity index (χ0n) is 16.4. The van der Waals surface area contributed by atoms with Crippen LogP contribution in [-0.4, -0.2) is 39.8 Å². The first-order valence-corrected chi connectivity index (χ1v) is 10.5. The normalized spacial score (nSPS) is 12.2. The van der Waals surface area contributed by atoms with Gasteiger partial charge in [-0.2, -0.15) is 13.2 Å². The van der Waals surface area contributed by atoms with Crippen LogP contribution in [0.1, 0.15) is 18.2 Å². The topological polar surface area (TPSA) is 103 Å². The van der Waals surface area contributed by atoms with Crippen molar-refractivity contribution < 1.29 is 31.4 Å². The molecule has 0 unspecified atom stereocenters. The molecule has 2 aromatic heterocycles. The van der Waals surface area contributed by atoms with E-state index in [1.807, 2.05) is 0 Å². The zero-order chi connectivity index (χ0) is 23.0. The number of rotatable bonds is 6. The minimum Gasteiger partial charge on any atom is -0.493 e. The largest absolute Gasteiger partial charge is 0.501 e. The number of imidazole rings is 1. The van der Waals surface area contributed by atoms with Crippen molar-refractivity contribution in [1.82, 2.24) is 14.1 Å². The number of sulfone groups is 1. The third kappa shape index (κ3) is 4.15. The fourth-order valence-electron chi connectivity index (χ4n) is 2.92. The molecule has 0 aliphatic heterocycles. The molecule has 1 aromatic carbocycles. The van der Waals surface area contributed by atoms with Crippen LogP contribution in [0.3, 0.4) is 0 Å².